The molecule has 2 atom stereocenters. The number of rotatable bonds is 8. The molecule has 0 unspecified atom stereocenters. The minimum Gasteiger partial charge on any atom is -0.310 e. The smallest absolute Gasteiger partial charge is 0.0560 e. The van der Waals surface area contributed by atoms with Crippen molar-refractivity contribution in [3.05, 3.63) is 18.5 Å². The van der Waals surface area contributed by atoms with Crippen LogP contribution < -0.4 is 5.32 Å². The topological polar surface area (TPSA) is 29.9 Å². The van der Waals surface area contributed by atoms with Crippen LogP contribution >= 0.6 is 0 Å². The van der Waals surface area contributed by atoms with Crippen LogP contribution in [0.4, 0.5) is 0 Å². The molecule has 0 spiro atoms. The van der Waals surface area contributed by atoms with Gasteiger partial charge in [0.05, 0.1) is 6.54 Å². The lowest BCUT2D eigenvalue weighted by Crippen LogP contribution is -2.37. The number of hydrogen-bond acceptors (Lipinski definition) is 2. The summed E-state index contributed by atoms with van der Waals surface area (Å²) in [6, 6.07) is 3.06. The van der Waals surface area contributed by atoms with Gasteiger partial charge in [-0.15, -0.1) is 0 Å². The lowest BCUT2D eigenvalue weighted by atomic mass is 10.1. The maximum Gasteiger partial charge on any atom is 0.0560 e. The van der Waals surface area contributed by atoms with Gasteiger partial charge in [-0.2, -0.15) is 5.10 Å². The highest BCUT2D eigenvalue weighted by Crippen LogP contribution is 2.04. The van der Waals surface area contributed by atoms with Crippen LogP contribution in [-0.4, -0.2) is 21.9 Å². The highest BCUT2D eigenvalue weighted by molar-refractivity contribution is 4.79. The Hall–Kier alpha value is -0.830. The molecule has 3 heteroatoms. The zero-order valence-corrected chi connectivity index (χ0v) is 10.8. The lowest BCUT2D eigenvalue weighted by Gasteiger charge is -2.20. The summed E-state index contributed by atoms with van der Waals surface area (Å²) in [5, 5.41) is 7.83. The molecule has 16 heavy (non-hydrogen) atoms. The van der Waals surface area contributed by atoms with Gasteiger partial charge in [0, 0.05) is 24.5 Å². The van der Waals surface area contributed by atoms with Crippen LogP contribution in [0.25, 0.3) is 0 Å². The summed E-state index contributed by atoms with van der Waals surface area (Å²) in [4.78, 5) is 0. The van der Waals surface area contributed by atoms with E-state index >= 15 is 0 Å². The van der Waals surface area contributed by atoms with Gasteiger partial charge in [-0.25, -0.2) is 0 Å². The summed E-state index contributed by atoms with van der Waals surface area (Å²) >= 11 is 0. The van der Waals surface area contributed by atoms with Gasteiger partial charge >= 0.3 is 0 Å². The molecule has 0 aliphatic heterocycles. The highest BCUT2D eigenvalue weighted by Gasteiger charge is 2.07. The molecule has 0 fully saturated rings. The van der Waals surface area contributed by atoms with Crippen molar-refractivity contribution in [3.8, 4) is 0 Å². The van der Waals surface area contributed by atoms with Gasteiger partial charge in [0.2, 0.25) is 0 Å². The van der Waals surface area contributed by atoms with Crippen molar-refractivity contribution < 1.29 is 0 Å². The number of nitrogens with one attached hydrogen (secondary N) is 1. The first kappa shape index (κ1) is 13.2. The Bertz CT molecular complexity index is 256. The van der Waals surface area contributed by atoms with E-state index in [0.29, 0.717) is 12.1 Å². The van der Waals surface area contributed by atoms with Crippen LogP contribution in [0.1, 0.15) is 46.5 Å². The monoisotopic (exact) mass is 223 g/mol. The van der Waals surface area contributed by atoms with Crippen LogP contribution in [0.2, 0.25) is 0 Å². The summed E-state index contributed by atoms with van der Waals surface area (Å²) in [6.45, 7) is 7.69. The minimum atomic E-state index is 0.483. The van der Waals surface area contributed by atoms with Crippen LogP contribution in [0.5, 0.6) is 0 Å². The number of nitrogens with zero attached hydrogens (tertiary/aromatic N) is 2. The Morgan fingerprint density at radius 1 is 1.25 bits per heavy atom. The fourth-order valence-corrected chi connectivity index (χ4v) is 2.01. The molecule has 0 saturated carbocycles. The second-order valence-electron chi connectivity index (χ2n) is 4.69. The SMILES string of the molecule is CCCCC[C@@H](C)N[C@@H](C)Cn1cccn1. The zero-order chi connectivity index (χ0) is 11.8. The minimum absolute atomic E-state index is 0.483. The van der Waals surface area contributed by atoms with E-state index in [9.17, 15) is 0 Å². The Morgan fingerprint density at radius 2 is 2.06 bits per heavy atom. The van der Waals surface area contributed by atoms with Crippen molar-refractivity contribution in [1.29, 1.82) is 0 Å². The molecule has 0 amide bonds. The van der Waals surface area contributed by atoms with Gasteiger partial charge in [-0.1, -0.05) is 26.2 Å². The van der Waals surface area contributed by atoms with Crippen LogP contribution in [0, 0.1) is 0 Å². The summed E-state index contributed by atoms with van der Waals surface area (Å²) in [7, 11) is 0. The third kappa shape index (κ3) is 5.31. The molecule has 0 saturated heterocycles. The average molecular weight is 223 g/mol. The molecular formula is C13H25N3. The zero-order valence-electron chi connectivity index (χ0n) is 10.8. The molecule has 0 radical (unpaired) electrons. The first-order valence-electron chi connectivity index (χ1n) is 6.45. The molecule has 0 aromatic carbocycles. The van der Waals surface area contributed by atoms with Gasteiger partial charge in [0.1, 0.15) is 0 Å². The summed E-state index contributed by atoms with van der Waals surface area (Å²) < 4.78 is 1.98. The third-order valence-corrected chi connectivity index (χ3v) is 2.83. The van der Waals surface area contributed by atoms with E-state index < -0.39 is 0 Å². The summed E-state index contributed by atoms with van der Waals surface area (Å²) in [5.41, 5.74) is 0. The molecule has 0 bridgehead atoms. The Balaban J connectivity index is 2.15. The molecule has 0 aliphatic carbocycles. The normalized spacial score (nSPS) is 14.9. The lowest BCUT2D eigenvalue weighted by molar-refractivity contribution is 0.387. The van der Waals surface area contributed by atoms with Gasteiger partial charge in [-0.05, 0) is 26.3 Å². The quantitative estimate of drug-likeness (QED) is 0.687. The van der Waals surface area contributed by atoms with E-state index in [1.54, 1.807) is 0 Å². The van der Waals surface area contributed by atoms with E-state index in [-0.39, 0.29) is 0 Å². The predicted octanol–water partition coefficient (Wildman–Crippen LogP) is 2.83. The van der Waals surface area contributed by atoms with Crippen molar-refractivity contribution in [2.75, 3.05) is 0 Å². The molecule has 92 valence electrons. The third-order valence-electron chi connectivity index (χ3n) is 2.83. The van der Waals surface area contributed by atoms with E-state index in [2.05, 4.69) is 31.2 Å². The molecule has 1 aromatic heterocycles. The second-order valence-corrected chi connectivity index (χ2v) is 4.69. The number of hydrogen-bond donors (Lipinski definition) is 1. The van der Waals surface area contributed by atoms with Gasteiger partial charge in [0.15, 0.2) is 0 Å². The van der Waals surface area contributed by atoms with Crippen molar-refractivity contribution in [3.63, 3.8) is 0 Å². The molecule has 1 rings (SSSR count). The molecule has 1 N–H and O–H groups in total. The van der Waals surface area contributed by atoms with Crippen molar-refractivity contribution in [1.82, 2.24) is 15.1 Å². The average Bonchev–Trinajstić information content (AvgIpc) is 2.70. The second kappa shape index (κ2) is 7.44. The predicted molar refractivity (Wildman–Crippen MR) is 68.4 cm³/mol. The van der Waals surface area contributed by atoms with Crippen LogP contribution in [-0.2, 0) is 6.54 Å². The first-order chi connectivity index (χ1) is 7.72. The van der Waals surface area contributed by atoms with E-state index in [1.165, 1.54) is 25.7 Å². The van der Waals surface area contributed by atoms with E-state index in [0.717, 1.165) is 6.54 Å². The number of unbranched alkanes of at least 4 members (excludes halogenated alkanes) is 2. The Kier molecular flexibility index (Phi) is 6.16. The van der Waals surface area contributed by atoms with Gasteiger partial charge in [0.25, 0.3) is 0 Å². The largest absolute Gasteiger partial charge is 0.310 e. The van der Waals surface area contributed by atoms with Crippen LogP contribution in [0.3, 0.4) is 0 Å². The fraction of sp³-hybridized carbons (Fsp3) is 0.769. The first-order valence-corrected chi connectivity index (χ1v) is 6.45. The molecule has 3 nitrogen and oxygen atoms in total. The summed E-state index contributed by atoms with van der Waals surface area (Å²) in [6.07, 6.45) is 9.10. The van der Waals surface area contributed by atoms with Crippen molar-refractivity contribution in [2.45, 2.75) is 65.1 Å². The van der Waals surface area contributed by atoms with Crippen molar-refractivity contribution >= 4 is 0 Å². The molecule has 1 aromatic rings. The van der Waals surface area contributed by atoms with Crippen LogP contribution in [0.15, 0.2) is 18.5 Å². The maximum absolute atomic E-state index is 4.22. The molecule has 0 aliphatic rings. The van der Waals surface area contributed by atoms with E-state index in [1.807, 2.05) is 23.1 Å². The Labute approximate surface area is 99.2 Å². The van der Waals surface area contributed by atoms with Gasteiger partial charge in [-0.3, -0.25) is 4.68 Å². The highest BCUT2D eigenvalue weighted by atomic mass is 15.3. The molecule has 1 heterocycles. The number of aromatic nitrogens is 2. The molecular weight excluding hydrogens is 198 g/mol. The maximum atomic E-state index is 4.22. The fourth-order valence-electron chi connectivity index (χ4n) is 2.01. The van der Waals surface area contributed by atoms with Gasteiger partial charge < -0.3 is 5.32 Å². The summed E-state index contributed by atoms with van der Waals surface area (Å²) in [5.74, 6) is 0. The van der Waals surface area contributed by atoms with Crippen molar-refractivity contribution in [2.24, 2.45) is 0 Å². The standard InChI is InChI=1S/C13H25N3/c1-4-5-6-8-12(2)15-13(3)11-16-10-7-9-14-16/h7,9-10,12-13,15H,4-6,8,11H2,1-3H3/t12-,13+/m1/s1. The Morgan fingerprint density at radius 3 is 2.69 bits per heavy atom. The van der Waals surface area contributed by atoms with E-state index in [4.69, 9.17) is 0 Å².